The molecule has 2 rings (SSSR count). The predicted molar refractivity (Wildman–Crippen MR) is 89.8 cm³/mol. The van der Waals surface area contributed by atoms with Crippen molar-refractivity contribution in [3.05, 3.63) is 23.4 Å². The molecule has 2 heterocycles. The van der Waals surface area contributed by atoms with E-state index in [-0.39, 0.29) is 6.04 Å². The maximum atomic E-state index is 5.87. The summed E-state index contributed by atoms with van der Waals surface area (Å²) in [6.07, 6.45) is 2.89. The van der Waals surface area contributed by atoms with Crippen molar-refractivity contribution in [2.45, 2.75) is 40.2 Å². The molecule has 1 aliphatic heterocycles. The minimum atomic E-state index is 0.191. The molecule has 1 aromatic rings. The van der Waals surface area contributed by atoms with E-state index in [9.17, 15) is 0 Å². The topological polar surface area (TPSA) is 45.4 Å². The number of aromatic nitrogens is 1. The number of rotatable bonds is 5. The van der Waals surface area contributed by atoms with Crippen molar-refractivity contribution in [3.63, 3.8) is 0 Å². The molecular formula is C17H30N4. The molecule has 1 unspecified atom stereocenters. The first-order valence-electron chi connectivity index (χ1n) is 8.14. The Labute approximate surface area is 129 Å². The van der Waals surface area contributed by atoms with Gasteiger partial charge in [0.2, 0.25) is 0 Å². The van der Waals surface area contributed by atoms with Gasteiger partial charge in [0.25, 0.3) is 0 Å². The van der Waals surface area contributed by atoms with E-state index in [4.69, 9.17) is 10.7 Å². The molecule has 1 saturated heterocycles. The highest BCUT2D eigenvalue weighted by Gasteiger charge is 2.19. The third-order valence-electron chi connectivity index (χ3n) is 3.96. The quantitative estimate of drug-likeness (QED) is 0.901. The van der Waals surface area contributed by atoms with E-state index in [1.807, 2.05) is 13.1 Å². The van der Waals surface area contributed by atoms with Crippen molar-refractivity contribution in [3.8, 4) is 0 Å². The van der Waals surface area contributed by atoms with Crippen LogP contribution >= 0.6 is 0 Å². The van der Waals surface area contributed by atoms with Crippen molar-refractivity contribution in [2.24, 2.45) is 11.7 Å². The van der Waals surface area contributed by atoms with Crippen LogP contribution in [-0.4, -0.2) is 48.6 Å². The lowest BCUT2D eigenvalue weighted by Gasteiger charge is -2.36. The van der Waals surface area contributed by atoms with Crippen LogP contribution in [0.15, 0.2) is 12.3 Å². The van der Waals surface area contributed by atoms with Crippen LogP contribution in [0.25, 0.3) is 0 Å². The second-order valence-electron chi connectivity index (χ2n) is 6.85. The Bertz CT molecular complexity index is 448. The van der Waals surface area contributed by atoms with Gasteiger partial charge in [-0.2, -0.15) is 0 Å². The number of nitrogens with zero attached hydrogens (tertiary/aromatic N) is 3. The van der Waals surface area contributed by atoms with Gasteiger partial charge in [-0.3, -0.25) is 4.90 Å². The normalized spacial score (nSPS) is 18.3. The molecule has 1 atom stereocenters. The Morgan fingerprint density at radius 1 is 1.19 bits per heavy atom. The monoisotopic (exact) mass is 290 g/mol. The summed E-state index contributed by atoms with van der Waals surface area (Å²) in [5, 5.41) is 0. The van der Waals surface area contributed by atoms with Crippen molar-refractivity contribution >= 4 is 5.82 Å². The van der Waals surface area contributed by atoms with Gasteiger partial charge >= 0.3 is 0 Å². The minimum absolute atomic E-state index is 0.191. The van der Waals surface area contributed by atoms with E-state index in [1.165, 1.54) is 17.7 Å². The Morgan fingerprint density at radius 3 is 2.38 bits per heavy atom. The van der Waals surface area contributed by atoms with Crippen LogP contribution in [0.1, 0.15) is 31.9 Å². The number of aryl methyl sites for hydroxylation is 1. The number of nitrogens with two attached hydrogens (primary N) is 1. The van der Waals surface area contributed by atoms with E-state index in [0.29, 0.717) is 0 Å². The first-order valence-corrected chi connectivity index (χ1v) is 8.14. The van der Waals surface area contributed by atoms with Crippen molar-refractivity contribution in [1.82, 2.24) is 9.88 Å². The minimum Gasteiger partial charge on any atom is -0.354 e. The Morgan fingerprint density at radius 2 is 1.86 bits per heavy atom. The molecule has 0 aromatic carbocycles. The Hall–Kier alpha value is -1.13. The molecule has 0 amide bonds. The van der Waals surface area contributed by atoms with Crippen LogP contribution in [0.2, 0.25) is 0 Å². The van der Waals surface area contributed by atoms with E-state index in [0.717, 1.165) is 44.3 Å². The third-order valence-corrected chi connectivity index (χ3v) is 3.96. The van der Waals surface area contributed by atoms with Crippen LogP contribution < -0.4 is 10.6 Å². The van der Waals surface area contributed by atoms with Gasteiger partial charge in [-0.15, -0.1) is 0 Å². The molecule has 1 fully saturated rings. The second-order valence-corrected chi connectivity index (χ2v) is 6.85. The van der Waals surface area contributed by atoms with Gasteiger partial charge in [-0.05, 0) is 37.3 Å². The predicted octanol–water partition coefficient (Wildman–Crippen LogP) is 2.06. The van der Waals surface area contributed by atoms with Gasteiger partial charge in [-0.1, -0.05) is 19.9 Å². The number of piperazine rings is 1. The first-order chi connectivity index (χ1) is 9.95. The summed E-state index contributed by atoms with van der Waals surface area (Å²) in [5.41, 5.74) is 8.38. The SMILES string of the molecule is Cc1cc(CC(C)N)cnc1N1CCN(CC(C)C)CC1. The van der Waals surface area contributed by atoms with Crippen molar-refractivity contribution in [2.75, 3.05) is 37.6 Å². The largest absolute Gasteiger partial charge is 0.354 e. The Kier molecular flexibility index (Phi) is 5.59. The second kappa shape index (κ2) is 7.23. The Balaban J connectivity index is 1.97. The van der Waals surface area contributed by atoms with Gasteiger partial charge in [0.1, 0.15) is 5.82 Å². The summed E-state index contributed by atoms with van der Waals surface area (Å²) < 4.78 is 0. The standard InChI is InChI=1S/C17H30N4/c1-13(2)12-20-5-7-21(8-6-20)17-14(3)9-16(11-19-17)10-15(4)18/h9,11,13,15H,5-8,10,12,18H2,1-4H3. The number of hydrogen-bond donors (Lipinski definition) is 1. The number of anilines is 1. The molecule has 0 spiro atoms. The average Bonchev–Trinajstić information content (AvgIpc) is 2.39. The molecule has 0 radical (unpaired) electrons. The lowest BCUT2D eigenvalue weighted by Crippen LogP contribution is -2.47. The first kappa shape index (κ1) is 16.2. The molecule has 1 aliphatic rings. The molecule has 1 aromatic heterocycles. The zero-order valence-corrected chi connectivity index (χ0v) is 14.0. The summed E-state index contributed by atoms with van der Waals surface area (Å²) >= 11 is 0. The van der Waals surface area contributed by atoms with Crippen LogP contribution in [0, 0.1) is 12.8 Å². The highest BCUT2D eigenvalue weighted by Crippen LogP contribution is 2.20. The van der Waals surface area contributed by atoms with Crippen LogP contribution in [-0.2, 0) is 6.42 Å². The van der Waals surface area contributed by atoms with Crippen molar-refractivity contribution in [1.29, 1.82) is 0 Å². The zero-order chi connectivity index (χ0) is 15.4. The summed E-state index contributed by atoms with van der Waals surface area (Å²) in [5.74, 6) is 1.89. The van der Waals surface area contributed by atoms with E-state index >= 15 is 0 Å². The van der Waals surface area contributed by atoms with Crippen LogP contribution in [0.3, 0.4) is 0 Å². The fourth-order valence-electron chi connectivity index (χ4n) is 3.10. The van der Waals surface area contributed by atoms with E-state index < -0.39 is 0 Å². The third kappa shape index (κ3) is 4.68. The van der Waals surface area contributed by atoms with E-state index in [1.54, 1.807) is 0 Å². The maximum Gasteiger partial charge on any atom is 0.131 e. The van der Waals surface area contributed by atoms with Gasteiger partial charge in [0, 0.05) is 45.0 Å². The number of hydrogen-bond acceptors (Lipinski definition) is 4. The van der Waals surface area contributed by atoms with Gasteiger partial charge in [0.15, 0.2) is 0 Å². The molecule has 118 valence electrons. The maximum absolute atomic E-state index is 5.87. The zero-order valence-electron chi connectivity index (χ0n) is 14.0. The van der Waals surface area contributed by atoms with Gasteiger partial charge in [-0.25, -0.2) is 4.98 Å². The summed E-state index contributed by atoms with van der Waals surface area (Å²) in [6.45, 7) is 14.4. The molecular weight excluding hydrogens is 260 g/mol. The molecule has 0 saturated carbocycles. The molecule has 21 heavy (non-hydrogen) atoms. The van der Waals surface area contributed by atoms with Crippen LogP contribution in [0.5, 0.6) is 0 Å². The number of pyridine rings is 1. The molecule has 2 N–H and O–H groups in total. The smallest absolute Gasteiger partial charge is 0.131 e. The van der Waals surface area contributed by atoms with Crippen LogP contribution in [0.4, 0.5) is 5.82 Å². The highest BCUT2D eigenvalue weighted by atomic mass is 15.3. The van der Waals surface area contributed by atoms with Gasteiger partial charge in [0.05, 0.1) is 0 Å². The lowest BCUT2D eigenvalue weighted by atomic mass is 10.1. The highest BCUT2D eigenvalue weighted by molar-refractivity contribution is 5.48. The fourth-order valence-corrected chi connectivity index (χ4v) is 3.10. The van der Waals surface area contributed by atoms with Gasteiger partial charge < -0.3 is 10.6 Å². The summed E-state index contributed by atoms with van der Waals surface area (Å²) in [6, 6.07) is 2.43. The fraction of sp³-hybridized carbons (Fsp3) is 0.706. The summed E-state index contributed by atoms with van der Waals surface area (Å²) in [4.78, 5) is 9.67. The molecule has 4 heteroatoms. The molecule has 0 aliphatic carbocycles. The summed E-state index contributed by atoms with van der Waals surface area (Å²) in [7, 11) is 0. The van der Waals surface area contributed by atoms with E-state index in [2.05, 4.69) is 36.6 Å². The van der Waals surface area contributed by atoms with Crippen molar-refractivity contribution < 1.29 is 0 Å². The lowest BCUT2D eigenvalue weighted by molar-refractivity contribution is 0.231. The average molecular weight is 290 g/mol. The molecule has 0 bridgehead atoms. The molecule has 4 nitrogen and oxygen atoms in total.